The Kier molecular flexibility index (Phi) is 5.27. The molecule has 0 saturated heterocycles. The maximum absolute atomic E-state index is 13.6. The Balaban J connectivity index is 0.00000109. The molecule has 4 rings (SSSR count). The van der Waals surface area contributed by atoms with E-state index in [1.807, 2.05) is 13.8 Å². The molecule has 1 aliphatic rings. The van der Waals surface area contributed by atoms with Gasteiger partial charge in [0.15, 0.2) is 5.65 Å². The zero-order chi connectivity index (χ0) is 20.5. The van der Waals surface area contributed by atoms with E-state index in [4.69, 9.17) is 4.74 Å². The molecule has 0 radical (unpaired) electrons. The molecule has 9 heteroatoms. The number of benzene rings is 1. The maximum Gasteiger partial charge on any atom is 0.304 e. The van der Waals surface area contributed by atoms with Crippen LogP contribution in [0.3, 0.4) is 0 Å². The van der Waals surface area contributed by atoms with Crippen LogP contribution in [0, 0.1) is 0 Å². The minimum Gasteiger partial charge on any atom is -0.490 e. The lowest BCUT2D eigenvalue weighted by Crippen LogP contribution is -2.43. The van der Waals surface area contributed by atoms with Gasteiger partial charge in [-0.2, -0.15) is 8.78 Å². The molecule has 0 bridgehead atoms. The van der Waals surface area contributed by atoms with E-state index in [1.54, 1.807) is 24.3 Å². The molecule has 1 aliphatic carbocycles. The Morgan fingerprint density at radius 2 is 1.75 bits per heavy atom. The summed E-state index contributed by atoms with van der Waals surface area (Å²) in [4.78, 5) is 4.20. The number of nitrogens with zero attached hydrogens (tertiary/aromatic N) is 4. The van der Waals surface area contributed by atoms with Crippen molar-refractivity contribution in [2.75, 3.05) is 0 Å². The lowest BCUT2D eigenvalue weighted by atomic mass is 9.91. The molecule has 0 amide bonds. The minimum absolute atomic E-state index is 0.219. The Labute approximate surface area is 159 Å². The van der Waals surface area contributed by atoms with Gasteiger partial charge in [0.2, 0.25) is 5.82 Å². The third-order valence-electron chi connectivity index (χ3n) is 4.19. The van der Waals surface area contributed by atoms with Gasteiger partial charge < -0.3 is 4.74 Å². The van der Waals surface area contributed by atoms with E-state index in [0.717, 1.165) is 6.92 Å². The van der Waals surface area contributed by atoms with Crippen LogP contribution in [0.1, 0.15) is 39.4 Å². The summed E-state index contributed by atoms with van der Waals surface area (Å²) in [5.41, 5.74) is 1.33. The summed E-state index contributed by atoms with van der Waals surface area (Å²) in [7, 11) is 0. The highest BCUT2D eigenvalue weighted by atomic mass is 19.3. The Bertz CT molecular complexity index is 943. The Hall–Kier alpha value is -2.71. The van der Waals surface area contributed by atoms with Crippen molar-refractivity contribution in [2.45, 2.75) is 51.6 Å². The molecule has 28 heavy (non-hydrogen) atoms. The number of hydrogen-bond donors (Lipinski definition) is 0. The second kappa shape index (κ2) is 7.37. The summed E-state index contributed by atoms with van der Waals surface area (Å²) in [6, 6.07) is 6.65. The van der Waals surface area contributed by atoms with Gasteiger partial charge in [0, 0.05) is 31.5 Å². The molecule has 0 N–H and O–H groups in total. The van der Waals surface area contributed by atoms with Crippen LogP contribution in [-0.2, 0) is 5.92 Å². The predicted molar refractivity (Wildman–Crippen MR) is 95.7 cm³/mol. The number of rotatable bonds is 4. The van der Waals surface area contributed by atoms with Gasteiger partial charge in [0.05, 0.1) is 11.9 Å². The van der Waals surface area contributed by atoms with Gasteiger partial charge in [-0.15, -0.1) is 10.2 Å². The summed E-state index contributed by atoms with van der Waals surface area (Å²) in [5, 5.41) is 7.20. The summed E-state index contributed by atoms with van der Waals surface area (Å²) in [6.45, 7) is 4.75. The fraction of sp³-hybridized carbons (Fsp3) is 0.421. The van der Waals surface area contributed by atoms with Crippen molar-refractivity contribution >= 4 is 5.65 Å². The first kappa shape index (κ1) is 20.0. The van der Waals surface area contributed by atoms with E-state index in [9.17, 15) is 17.6 Å². The molecule has 0 aliphatic heterocycles. The molecule has 0 atom stereocenters. The lowest BCUT2D eigenvalue weighted by molar-refractivity contribution is -0.134. The first-order valence-corrected chi connectivity index (χ1v) is 8.95. The van der Waals surface area contributed by atoms with E-state index >= 15 is 0 Å². The van der Waals surface area contributed by atoms with Gasteiger partial charge in [-0.05, 0) is 24.3 Å². The molecule has 0 spiro atoms. The number of hydrogen-bond acceptors (Lipinski definition) is 4. The number of halogens is 4. The monoisotopic (exact) mass is 396 g/mol. The molecule has 150 valence electrons. The summed E-state index contributed by atoms with van der Waals surface area (Å²) in [6.07, 6.45) is 1.74. The topological polar surface area (TPSA) is 52.3 Å². The second-order valence-corrected chi connectivity index (χ2v) is 6.44. The fourth-order valence-corrected chi connectivity index (χ4v) is 2.84. The maximum atomic E-state index is 13.6. The van der Waals surface area contributed by atoms with E-state index in [0.29, 0.717) is 17.0 Å². The lowest BCUT2D eigenvalue weighted by Gasteiger charge is -2.34. The highest BCUT2D eigenvalue weighted by molar-refractivity contribution is 5.60. The zero-order valence-electron chi connectivity index (χ0n) is 15.7. The molecule has 5 nitrogen and oxygen atoms in total. The molecule has 1 aromatic carbocycles. The smallest absolute Gasteiger partial charge is 0.304 e. The normalized spacial score (nSPS) is 16.2. The molecule has 0 unspecified atom stereocenters. The zero-order valence-corrected chi connectivity index (χ0v) is 15.7. The molecule has 2 aromatic heterocycles. The van der Waals surface area contributed by atoms with Gasteiger partial charge in [-0.3, -0.25) is 9.38 Å². The van der Waals surface area contributed by atoms with E-state index < -0.39 is 23.8 Å². The number of ether oxygens (including phenoxy) is 1. The Morgan fingerprint density at radius 3 is 2.32 bits per heavy atom. The molecule has 3 aromatic rings. The standard InChI is InChI=1S/C17H14F4N4O.C2H6/c1-16(18,19)15-24-23-14-8-22-13(9-25(14)15)10-2-4-11(5-3-10)26-12-6-17(20,21)7-12;1-2/h2-5,8-9,12H,6-7H2,1H3;1-2H3. The van der Waals surface area contributed by atoms with Crippen LogP contribution in [0.4, 0.5) is 17.6 Å². The average Bonchev–Trinajstić information content (AvgIpc) is 3.06. The summed E-state index contributed by atoms with van der Waals surface area (Å²) < 4.78 is 59.6. The van der Waals surface area contributed by atoms with Crippen molar-refractivity contribution in [1.29, 1.82) is 0 Å². The van der Waals surface area contributed by atoms with Crippen molar-refractivity contribution in [3.05, 3.63) is 42.5 Å². The molecular formula is C19H20F4N4O. The first-order chi connectivity index (χ1) is 13.2. The van der Waals surface area contributed by atoms with E-state index in [1.165, 1.54) is 16.8 Å². The number of aromatic nitrogens is 4. The third-order valence-corrected chi connectivity index (χ3v) is 4.19. The van der Waals surface area contributed by atoms with Crippen LogP contribution in [0.15, 0.2) is 36.7 Å². The van der Waals surface area contributed by atoms with Crippen LogP contribution in [0.25, 0.3) is 16.9 Å². The first-order valence-electron chi connectivity index (χ1n) is 8.95. The van der Waals surface area contributed by atoms with Crippen LogP contribution < -0.4 is 4.74 Å². The minimum atomic E-state index is -3.14. The predicted octanol–water partition coefficient (Wildman–Crippen LogP) is 5.11. The van der Waals surface area contributed by atoms with Crippen LogP contribution in [0.5, 0.6) is 5.75 Å². The summed E-state index contributed by atoms with van der Waals surface area (Å²) >= 11 is 0. The van der Waals surface area contributed by atoms with Crippen molar-refractivity contribution in [3.8, 4) is 17.0 Å². The molecular weight excluding hydrogens is 376 g/mol. The second-order valence-electron chi connectivity index (χ2n) is 6.44. The number of alkyl halides is 4. The molecule has 1 saturated carbocycles. The Morgan fingerprint density at radius 1 is 1.11 bits per heavy atom. The third kappa shape index (κ3) is 4.07. The van der Waals surface area contributed by atoms with Gasteiger partial charge >= 0.3 is 5.92 Å². The van der Waals surface area contributed by atoms with Gasteiger partial charge in [0.1, 0.15) is 11.9 Å². The largest absolute Gasteiger partial charge is 0.490 e. The average molecular weight is 396 g/mol. The van der Waals surface area contributed by atoms with Crippen molar-refractivity contribution in [2.24, 2.45) is 0 Å². The summed E-state index contributed by atoms with van der Waals surface area (Å²) in [5.74, 6) is -5.77. The highest BCUT2D eigenvalue weighted by Gasteiger charge is 2.46. The van der Waals surface area contributed by atoms with Gasteiger partial charge in [-0.1, -0.05) is 13.8 Å². The quantitative estimate of drug-likeness (QED) is 0.576. The number of fused-ring (bicyclic) bond motifs is 1. The van der Waals surface area contributed by atoms with Crippen LogP contribution in [-0.4, -0.2) is 31.6 Å². The van der Waals surface area contributed by atoms with Crippen molar-refractivity contribution in [1.82, 2.24) is 19.6 Å². The van der Waals surface area contributed by atoms with E-state index in [2.05, 4.69) is 15.2 Å². The SMILES string of the molecule is CC.CC(F)(F)c1nnc2cnc(-c3ccc(OC4CC(F)(F)C4)cc3)cn12. The van der Waals surface area contributed by atoms with Crippen LogP contribution in [0.2, 0.25) is 0 Å². The van der Waals surface area contributed by atoms with Crippen LogP contribution >= 0.6 is 0 Å². The molecule has 1 fully saturated rings. The fourth-order valence-electron chi connectivity index (χ4n) is 2.84. The van der Waals surface area contributed by atoms with Gasteiger partial charge in [-0.25, -0.2) is 8.78 Å². The van der Waals surface area contributed by atoms with Crippen molar-refractivity contribution < 1.29 is 22.3 Å². The van der Waals surface area contributed by atoms with Crippen molar-refractivity contribution in [3.63, 3.8) is 0 Å². The van der Waals surface area contributed by atoms with E-state index in [-0.39, 0.29) is 18.5 Å². The van der Waals surface area contributed by atoms with Gasteiger partial charge in [0.25, 0.3) is 5.92 Å². The molecule has 2 heterocycles. The highest BCUT2D eigenvalue weighted by Crippen LogP contribution is 2.39.